The Morgan fingerprint density at radius 2 is 2.00 bits per heavy atom. The minimum absolute atomic E-state index is 0.307. The molecule has 0 atom stereocenters. The zero-order valence-electron chi connectivity index (χ0n) is 9.26. The van der Waals surface area contributed by atoms with Crippen LogP contribution in [-0.4, -0.2) is 27.8 Å². The SMILES string of the molecule is CNCCc1cc(F)cc(OC)c1OC. The Bertz CT molecular complexity index is 329. The average molecular weight is 213 g/mol. The fourth-order valence-corrected chi connectivity index (χ4v) is 1.45. The molecule has 0 saturated heterocycles. The van der Waals surface area contributed by atoms with Crippen molar-refractivity contribution in [2.75, 3.05) is 27.8 Å². The normalized spacial score (nSPS) is 10.1. The first-order valence-electron chi connectivity index (χ1n) is 4.78. The van der Waals surface area contributed by atoms with Gasteiger partial charge in [-0.3, -0.25) is 0 Å². The largest absolute Gasteiger partial charge is 0.493 e. The van der Waals surface area contributed by atoms with Crippen LogP contribution in [0.3, 0.4) is 0 Å². The minimum Gasteiger partial charge on any atom is -0.493 e. The van der Waals surface area contributed by atoms with Gasteiger partial charge in [-0.25, -0.2) is 4.39 Å². The predicted molar refractivity (Wildman–Crippen MR) is 57.1 cm³/mol. The zero-order valence-corrected chi connectivity index (χ0v) is 9.26. The summed E-state index contributed by atoms with van der Waals surface area (Å²) in [6, 6.07) is 2.79. The second kappa shape index (κ2) is 5.56. The second-order valence-electron chi connectivity index (χ2n) is 3.15. The molecular formula is C11H16FNO2. The van der Waals surface area contributed by atoms with Crippen LogP contribution in [0.15, 0.2) is 12.1 Å². The van der Waals surface area contributed by atoms with Crippen LogP contribution in [0.2, 0.25) is 0 Å². The number of halogens is 1. The van der Waals surface area contributed by atoms with E-state index in [4.69, 9.17) is 9.47 Å². The molecule has 0 aliphatic rings. The van der Waals surface area contributed by atoms with Gasteiger partial charge < -0.3 is 14.8 Å². The van der Waals surface area contributed by atoms with E-state index in [2.05, 4.69) is 5.32 Å². The lowest BCUT2D eigenvalue weighted by Gasteiger charge is -2.12. The Balaban J connectivity index is 3.05. The Labute approximate surface area is 89.2 Å². The molecule has 0 fully saturated rings. The van der Waals surface area contributed by atoms with Crippen molar-refractivity contribution in [3.8, 4) is 11.5 Å². The number of rotatable bonds is 5. The van der Waals surface area contributed by atoms with Crippen molar-refractivity contribution < 1.29 is 13.9 Å². The van der Waals surface area contributed by atoms with Gasteiger partial charge in [0, 0.05) is 11.6 Å². The fourth-order valence-electron chi connectivity index (χ4n) is 1.45. The van der Waals surface area contributed by atoms with Crippen LogP contribution < -0.4 is 14.8 Å². The van der Waals surface area contributed by atoms with Gasteiger partial charge >= 0.3 is 0 Å². The summed E-state index contributed by atoms with van der Waals surface area (Å²) in [5, 5.41) is 3.01. The van der Waals surface area contributed by atoms with Gasteiger partial charge in [-0.15, -0.1) is 0 Å². The van der Waals surface area contributed by atoms with Gasteiger partial charge in [0.1, 0.15) is 5.82 Å². The summed E-state index contributed by atoms with van der Waals surface area (Å²) in [5.74, 6) is 0.733. The molecule has 0 saturated carbocycles. The van der Waals surface area contributed by atoms with Crippen LogP contribution in [0.25, 0.3) is 0 Å². The first kappa shape index (κ1) is 11.8. The highest BCUT2D eigenvalue weighted by Gasteiger charge is 2.11. The van der Waals surface area contributed by atoms with E-state index < -0.39 is 0 Å². The van der Waals surface area contributed by atoms with Crippen molar-refractivity contribution in [3.63, 3.8) is 0 Å². The summed E-state index contributed by atoms with van der Waals surface area (Å²) in [6.45, 7) is 0.767. The van der Waals surface area contributed by atoms with E-state index in [-0.39, 0.29) is 5.82 Å². The predicted octanol–water partition coefficient (Wildman–Crippen LogP) is 1.60. The van der Waals surface area contributed by atoms with Gasteiger partial charge in [-0.2, -0.15) is 0 Å². The number of ether oxygens (including phenoxy) is 2. The third-order valence-electron chi connectivity index (χ3n) is 2.16. The molecular weight excluding hydrogens is 197 g/mol. The smallest absolute Gasteiger partial charge is 0.164 e. The van der Waals surface area contributed by atoms with E-state index in [0.29, 0.717) is 17.9 Å². The molecule has 1 rings (SSSR count). The molecule has 0 spiro atoms. The van der Waals surface area contributed by atoms with E-state index >= 15 is 0 Å². The Morgan fingerprint density at radius 1 is 1.27 bits per heavy atom. The monoisotopic (exact) mass is 213 g/mol. The van der Waals surface area contributed by atoms with Gasteiger partial charge in [0.15, 0.2) is 11.5 Å². The van der Waals surface area contributed by atoms with Gasteiger partial charge in [0.2, 0.25) is 0 Å². The molecule has 0 bridgehead atoms. The Hall–Kier alpha value is -1.29. The van der Waals surface area contributed by atoms with Crippen LogP contribution in [0.5, 0.6) is 11.5 Å². The lowest BCUT2D eigenvalue weighted by atomic mass is 10.1. The molecule has 0 unspecified atom stereocenters. The Kier molecular flexibility index (Phi) is 4.37. The number of nitrogens with one attached hydrogen (secondary N) is 1. The van der Waals surface area contributed by atoms with E-state index in [9.17, 15) is 4.39 Å². The van der Waals surface area contributed by atoms with Gasteiger partial charge in [0.05, 0.1) is 14.2 Å². The number of likely N-dealkylation sites (N-methyl/N-ethyl adjacent to an activating group) is 1. The average Bonchev–Trinajstić information content (AvgIpc) is 2.25. The molecule has 0 aliphatic heterocycles. The molecule has 0 aromatic heterocycles. The summed E-state index contributed by atoms with van der Waals surface area (Å²) < 4.78 is 23.5. The molecule has 0 heterocycles. The fraction of sp³-hybridized carbons (Fsp3) is 0.455. The molecule has 0 aliphatic carbocycles. The van der Waals surface area contributed by atoms with Crippen LogP contribution in [0.4, 0.5) is 4.39 Å². The van der Waals surface area contributed by atoms with Gasteiger partial charge in [-0.05, 0) is 26.1 Å². The molecule has 3 nitrogen and oxygen atoms in total. The highest BCUT2D eigenvalue weighted by Crippen LogP contribution is 2.32. The van der Waals surface area contributed by atoms with Gasteiger partial charge in [-0.1, -0.05) is 0 Å². The topological polar surface area (TPSA) is 30.5 Å². The molecule has 15 heavy (non-hydrogen) atoms. The first-order valence-corrected chi connectivity index (χ1v) is 4.78. The third-order valence-corrected chi connectivity index (χ3v) is 2.16. The van der Waals surface area contributed by atoms with Crippen LogP contribution >= 0.6 is 0 Å². The minimum atomic E-state index is -0.307. The van der Waals surface area contributed by atoms with Crippen LogP contribution in [-0.2, 0) is 6.42 Å². The van der Waals surface area contributed by atoms with Crippen molar-refractivity contribution >= 4 is 0 Å². The standard InChI is InChI=1S/C11H16FNO2/c1-13-5-4-8-6-9(12)7-10(14-2)11(8)15-3/h6-7,13H,4-5H2,1-3H3. The van der Waals surface area contributed by atoms with E-state index in [0.717, 1.165) is 12.1 Å². The lowest BCUT2D eigenvalue weighted by Crippen LogP contribution is -2.11. The molecule has 0 radical (unpaired) electrons. The molecule has 1 N–H and O–H groups in total. The van der Waals surface area contributed by atoms with E-state index in [1.54, 1.807) is 7.11 Å². The third kappa shape index (κ3) is 2.83. The first-order chi connectivity index (χ1) is 7.22. The van der Waals surface area contributed by atoms with Crippen molar-refractivity contribution in [2.24, 2.45) is 0 Å². The Morgan fingerprint density at radius 3 is 2.53 bits per heavy atom. The summed E-state index contributed by atoms with van der Waals surface area (Å²) >= 11 is 0. The van der Waals surface area contributed by atoms with E-state index in [1.165, 1.54) is 19.2 Å². The second-order valence-corrected chi connectivity index (χ2v) is 3.15. The number of benzene rings is 1. The van der Waals surface area contributed by atoms with Crippen molar-refractivity contribution in [1.82, 2.24) is 5.32 Å². The summed E-state index contributed by atoms with van der Waals surface area (Å²) in [5.41, 5.74) is 0.809. The molecule has 84 valence electrons. The van der Waals surface area contributed by atoms with E-state index in [1.807, 2.05) is 7.05 Å². The number of hydrogen-bond donors (Lipinski definition) is 1. The van der Waals surface area contributed by atoms with Crippen molar-refractivity contribution in [2.45, 2.75) is 6.42 Å². The quantitative estimate of drug-likeness (QED) is 0.806. The molecule has 4 heteroatoms. The van der Waals surface area contributed by atoms with Crippen LogP contribution in [0.1, 0.15) is 5.56 Å². The van der Waals surface area contributed by atoms with Crippen molar-refractivity contribution in [1.29, 1.82) is 0 Å². The number of hydrogen-bond acceptors (Lipinski definition) is 3. The maximum absolute atomic E-state index is 13.2. The summed E-state index contributed by atoms with van der Waals surface area (Å²) in [6.07, 6.45) is 0.702. The highest BCUT2D eigenvalue weighted by atomic mass is 19.1. The maximum Gasteiger partial charge on any atom is 0.164 e. The highest BCUT2D eigenvalue weighted by molar-refractivity contribution is 5.47. The number of methoxy groups -OCH3 is 2. The summed E-state index contributed by atoms with van der Waals surface area (Å²) in [7, 11) is 4.90. The molecule has 1 aromatic rings. The molecule has 1 aromatic carbocycles. The van der Waals surface area contributed by atoms with Gasteiger partial charge in [0.25, 0.3) is 0 Å². The lowest BCUT2D eigenvalue weighted by molar-refractivity contribution is 0.349. The summed E-state index contributed by atoms with van der Waals surface area (Å²) in [4.78, 5) is 0. The maximum atomic E-state index is 13.2. The van der Waals surface area contributed by atoms with Crippen LogP contribution in [0, 0.1) is 5.82 Å². The molecule has 0 amide bonds. The zero-order chi connectivity index (χ0) is 11.3. The van der Waals surface area contributed by atoms with Crippen molar-refractivity contribution in [3.05, 3.63) is 23.5 Å².